The van der Waals surface area contributed by atoms with E-state index >= 15 is 0 Å². The third kappa shape index (κ3) is 2.66. The lowest BCUT2D eigenvalue weighted by molar-refractivity contribution is 0.0918. The summed E-state index contributed by atoms with van der Waals surface area (Å²) in [5.41, 5.74) is 4.28. The quantitative estimate of drug-likeness (QED) is 0.667. The summed E-state index contributed by atoms with van der Waals surface area (Å²) in [7, 11) is 0. The Balaban J connectivity index is 2.99. The number of benzene rings is 1. The number of halogens is 2. The molecular formula is C10H12F2N2O2. The number of carbonyl (C=O) groups is 1. The lowest BCUT2D eigenvalue weighted by Crippen LogP contribution is -2.35. The minimum Gasteiger partial charge on any atom is -0.396 e. The predicted molar refractivity (Wildman–Crippen MR) is 54.8 cm³/mol. The van der Waals surface area contributed by atoms with Gasteiger partial charge in [0.1, 0.15) is 5.82 Å². The van der Waals surface area contributed by atoms with E-state index in [0.29, 0.717) is 0 Å². The molecule has 0 saturated carbocycles. The van der Waals surface area contributed by atoms with E-state index in [4.69, 9.17) is 10.8 Å². The van der Waals surface area contributed by atoms with Crippen molar-refractivity contribution in [1.82, 2.24) is 5.32 Å². The molecule has 0 radical (unpaired) electrons. The topological polar surface area (TPSA) is 75.3 Å². The molecule has 0 bridgehead atoms. The number of hydrogen-bond acceptors (Lipinski definition) is 3. The zero-order valence-corrected chi connectivity index (χ0v) is 8.63. The van der Waals surface area contributed by atoms with Crippen molar-refractivity contribution in [3.63, 3.8) is 0 Å². The molecule has 0 fully saturated rings. The Morgan fingerprint density at radius 1 is 1.56 bits per heavy atom. The number of rotatable bonds is 3. The fourth-order valence-corrected chi connectivity index (χ4v) is 1.12. The van der Waals surface area contributed by atoms with E-state index in [1.807, 2.05) is 0 Å². The predicted octanol–water partition coefficient (Wildman–Crippen LogP) is 0.658. The van der Waals surface area contributed by atoms with Gasteiger partial charge in [0.2, 0.25) is 0 Å². The van der Waals surface area contributed by atoms with Crippen LogP contribution in [-0.2, 0) is 0 Å². The SMILES string of the molecule is CC(CO)NC(=O)c1cc(F)cc(N)c1F. The van der Waals surface area contributed by atoms with Crippen molar-refractivity contribution in [3.05, 3.63) is 29.3 Å². The highest BCUT2D eigenvalue weighted by molar-refractivity contribution is 5.95. The molecule has 0 aliphatic heterocycles. The number of aliphatic hydroxyl groups is 1. The number of nitrogens with one attached hydrogen (secondary N) is 1. The van der Waals surface area contributed by atoms with Gasteiger partial charge in [0.25, 0.3) is 5.91 Å². The second-order valence-corrected chi connectivity index (χ2v) is 3.41. The van der Waals surface area contributed by atoms with Gasteiger partial charge in [-0.3, -0.25) is 4.79 Å². The molecule has 0 spiro atoms. The molecule has 16 heavy (non-hydrogen) atoms. The molecule has 0 aromatic heterocycles. The summed E-state index contributed by atoms with van der Waals surface area (Å²) in [4.78, 5) is 11.5. The highest BCUT2D eigenvalue weighted by atomic mass is 19.1. The average Bonchev–Trinajstić information content (AvgIpc) is 2.22. The van der Waals surface area contributed by atoms with Gasteiger partial charge in [0.05, 0.1) is 17.9 Å². The Morgan fingerprint density at radius 2 is 2.19 bits per heavy atom. The Kier molecular flexibility index (Phi) is 3.78. The van der Waals surface area contributed by atoms with Crippen LogP contribution in [0.1, 0.15) is 17.3 Å². The first kappa shape index (κ1) is 12.4. The van der Waals surface area contributed by atoms with Crippen LogP contribution in [0.25, 0.3) is 0 Å². The van der Waals surface area contributed by atoms with Crippen LogP contribution < -0.4 is 11.1 Å². The minimum atomic E-state index is -0.968. The fourth-order valence-electron chi connectivity index (χ4n) is 1.12. The van der Waals surface area contributed by atoms with Gasteiger partial charge >= 0.3 is 0 Å². The number of amides is 1. The van der Waals surface area contributed by atoms with Gasteiger partial charge in [0.15, 0.2) is 5.82 Å². The lowest BCUT2D eigenvalue weighted by Gasteiger charge is -2.11. The highest BCUT2D eigenvalue weighted by Gasteiger charge is 2.17. The Bertz CT molecular complexity index is 410. The molecule has 0 heterocycles. The van der Waals surface area contributed by atoms with Crippen LogP contribution in [0.2, 0.25) is 0 Å². The van der Waals surface area contributed by atoms with Crippen LogP contribution in [0.3, 0.4) is 0 Å². The average molecular weight is 230 g/mol. The number of nitrogen functional groups attached to an aromatic ring is 1. The van der Waals surface area contributed by atoms with Gasteiger partial charge in [-0.1, -0.05) is 0 Å². The molecule has 1 atom stereocenters. The minimum absolute atomic E-state index is 0.293. The number of aliphatic hydroxyl groups excluding tert-OH is 1. The Labute approximate surface area is 91.1 Å². The van der Waals surface area contributed by atoms with Crippen LogP contribution in [0, 0.1) is 11.6 Å². The largest absolute Gasteiger partial charge is 0.396 e. The first-order valence-corrected chi connectivity index (χ1v) is 4.62. The van der Waals surface area contributed by atoms with E-state index in [-0.39, 0.29) is 6.61 Å². The molecule has 4 nitrogen and oxygen atoms in total. The number of anilines is 1. The molecular weight excluding hydrogens is 218 g/mol. The summed E-state index contributed by atoms with van der Waals surface area (Å²) in [6.07, 6.45) is 0. The molecule has 6 heteroatoms. The van der Waals surface area contributed by atoms with Gasteiger partial charge < -0.3 is 16.2 Å². The second-order valence-electron chi connectivity index (χ2n) is 3.41. The summed E-state index contributed by atoms with van der Waals surface area (Å²) in [5.74, 6) is -2.57. The van der Waals surface area contributed by atoms with E-state index < -0.39 is 34.8 Å². The summed E-state index contributed by atoms with van der Waals surface area (Å²) in [6.45, 7) is 1.23. The van der Waals surface area contributed by atoms with Gasteiger partial charge in [-0.15, -0.1) is 0 Å². The smallest absolute Gasteiger partial charge is 0.254 e. The van der Waals surface area contributed by atoms with Crippen molar-refractivity contribution in [3.8, 4) is 0 Å². The van der Waals surface area contributed by atoms with E-state index in [1.165, 1.54) is 6.92 Å². The van der Waals surface area contributed by atoms with Gasteiger partial charge in [0, 0.05) is 6.04 Å². The molecule has 0 aliphatic carbocycles. The molecule has 1 unspecified atom stereocenters. The maximum atomic E-state index is 13.4. The lowest BCUT2D eigenvalue weighted by atomic mass is 10.1. The summed E-state index contributed by atoms with van der Waals surface area (Å²) in [5, 5.41) is 11.0. The van der Waals surface area contributed by atoms with E-state index in [0.717, 1.165) is 12.1 Å². The zero-order chi connectivity index (χ0) is 12.3. The molecule has 1 aromatic rings. The van der Waals surface area contributed by atoms with Crippen molar-refractivity contribution < 1.29 is 18.7 Å². The number of carbonyl (C=O) groups excluding carboxylic acids is 1. The van der Waals surface area contributed by atoms with E-state index in [2.05, 4.69) is 5.32 Å². The fraction of sp³-hybridized carbons (Fsp3) is 0.300. The van der Waals surface area contributed by atoms with Crippen LogP contribution in [0.4, 0.5) is 14.5 Å². The number of nitrogens with two attached hydrogens (primary N) is 1. The molecule has 4 N–H and O–H groups in total. The van der Waals surface area contributed by atoms with Crippen molar-refractivity contribution in [2.75, 3.05) is 12.3 Å². The summed E-state index contributed by atoms with van der Waals surface area (Å²) >= 11 is 0. The maximum Gasteiger partial charge on any atom is 0.254 e. The number of hydrogen-bond donors (Lipinski definition) is 3. The first-order chi connectivity index (χ1) is 7.45. The van der Waals surface area contributed by atoms with Crippen LogP contribution in [0.5, 0.6) is 0 Å². The monoisotopic (exact) mass is 230 g/mol. The van der Waals surface area contributed by atoms with Crippen molar-refractivity contribution >= 4 is 11.6 Å². The van der Waals surface area contributed by atoms with Crippen LogP contribution in [-0.4, -0.2) is 23.7 Å². The molecule has 1 amide bonds. The third-order valence-corrected chi connectivity index (χ3v) is 1.96. The highest BCUT2D eigenvalue weighted by Crippen LogP contribution is 2.17. The normalized spacial score (nSPS) is 12.2. The van der Waals surface area contributed by atoms with Crippen molar-refractivity contribution in [2.24, 2.45) is 0 Å². The molecule has 0 aliphatic rings. The van der Waals surface area contributed by atoms with Gasteiger partial charge in [-0.05, 0) is 19.1 Å². The van der Waals surface area contributed by atoms with Crippen LogP contribution >= 0.6 is 0 Å². The second kappa shape index (κ2) is 4.89. The zero-order valence-electron chi connectivity index (χ0n) is 8.63. The molecule has 1 rings (SSSR count). The molecule has 1 aromatic carbocycles. The van der Waals surface area contributed by atoms with Crippen molar-refractivity contribution in [1.29, 1.82) is 0 Å². The van der Waals surface area contributed by atoms with E-state index in [9.17, 15) is 13.6 Å². The summed E-state index contributed by atoms with van der Waals surface area (Å²) in [6, 6.07) is 1.00. The van der Waals surface area contributed by atoms with Crippen molar-refractivity contribution in [2.45, 2.75) is 13.0 Å². The third-order valence-electron chi connectivity index (χ3n) is 1.96. The molecule has 0 saturated heterocycles. The van der Waals surface area contributed by atoms with Gasteiger partial charge in [-0.2, -0.15) is 0 Å². The maximum absolute atomic E-state index is 13.4. The van der Waals surface area contributed by atoms with E-state index in [1.54, 1.807) is 0 Å². The van der Waals surface area contributed by atoms with Gasteiger partial charge in [-0.25, -0.2) is 8.78 Å². The first-order valence-electron chi connectivity index (χ1n) is 4.62. The summed E-state index contributed by atoms with van der Waals surface area (Å²) < 4.78 is 26.3. The Hall–Kier alpha value is -1.69. The Morgan fingerprint density at radius 3 is 2.75 bits per heavy atom. The molecule has 88 valence electrons. The van der Waals surface area contributed by atoms with Crippen LogP contribution in [0.15, 0.2) is 12.1 Å². The standard InChI is InChI=1S/C10H12F2N2O2/c1-5(4-15)14-10(16)7-2-6(11)3-8(13)9(7)12/h2-3,5,15H,4,13H2,1H3,(H,14,16).